The smallest absolute Gasteiger partial charge is 0.316 e. The van der Waals surface area contributed by atoms with E-state index < -0.39 is 5.92 Å². The van der Waals surface area contributed by atoms with Gasteiger partial charge in [0.1, 0.15) is 11.7 Å². The van der Waals surface area contributed by atoms with Crippen molar-refractivity contribution in [3.8, 4) is 0 Å². The number of benzene rings is 1. The van der Waals surface area contributed by atoms with Crippen LogP contribution in [0, 0.1) is 5.92 Å². The number of ketones is 1. The molecular formula is C19H25NO3. The van der Waals surface area contributed by atoms with Crippen LogP contribution in [0.4, 0.5) is 0 Å². The Balaban J connectivity index is 1.69. The molecule has 1 saturated carbocycles. The van der Waals surface area contributed by atoms with E-state index in [0.29, 0.717) is 25.5 Å². The van der Waals surface area contributed by atoms with Crippen molar-refractivity contribution in [3.05, 3.63) is 35.9 Å². The molecule has 0 bridgehead atoms. The minimum absolute atomic E-state index is 0.00432. The molecule has 0 aromatic heterocycles. The van der Waals surface area contributed by atoms with Gasteiger partial charge in [0.2, 0.25) is 0 Å². The van der Waals surface area contributed by atoms with Crippen LogP contribution in [0.5, 0.6) is 0 Å². The van der Waals surface area contributed by atoms with E-state index in [4.69, 9.17) is 4.74 Å². The lowest BCUT2D eigenvalue weighted by atomic mass is 9.90. The molecule has 4 heteroatoms. The Morgan fingerprint density at radius 3 is 2.52 bits per heavy atom. The van der Waals surface area contributed by atoms with E-state index in [2.05, 4.69) is 17.4 Å². The monoisotopic (exact) mass is 315 g/mol. The maximum atomic E-state index is 12.5. The number of nitrogens with one attached hydrogen (secondary N) is 1. The lowest BCUT2D eigenvalue weighted by Gasteiger charge is -2.29. The Hall–Kier alpha value is -1.68. The molecule has 2 unspecified atom stereocenters. The Kier molecular flexibility index (Phi) is 5.44. The molecule has 0 radical (unpaired) electrons. The second-order valence-corrected chi connectivity index (χ2v) is 6.64. The van der Waals surface area contributed by atoms with Gasteiger partial charge in [-0.2, -0.15) is 0 Å². The molecule has 1 aliphatic carbocycles. The summed E-state index contributed by atoms with van der Waals surface area (Å²) in [5.74, 6) is -0.904. The van der Waals surface area contributed by atoms with Crippen molar-refractivity contribution < 1.29 is 14.3 Å². The van der Waals surface area contributed by atoms with Crippen molar-refractivity contribution in [2.75, 3.05) is 6.61 Å². The topological polar surface area (TPSA) is 55.4 Å². The molecule has 1 aromatic rings. The van der Waals surface area contributed by atoms with E-state index in [1.807, 2.05) is 18.2 Å². The van der Waals surface area contributed by atoms with Gasteiger partial charge in [-0.15, -0.1) is 0 Å². The van der Waals surface area contributed by atoms with Crippen LogP contribution in [0.15, 0.2) is 30.3 Å². The first-order valence-electron chi connectivity index (χ1n) is 8.74. The molecule has 4 nitrogen and oxygen atoms in total. The summed E-state index contributed by atoms with van der Waals surface area (Å²) < 4.78 is 4.94. The highest BCUT2D eigenvalue weighted by molar-refractivity contribution is 6.00. The van der Waals surface area contributed by atoms with E-state index in [-0.39, 0.29) is 17.8 Å². The minimum Gasteiger partial charge on any atom is -0.465 e. The van der Waals surface area contributed by atoms with Crippen molar-refractivity contribution >= 4 is 11.8 Å². The van der Waals surface area contributed by atoms with Gasteiger partial charge in [-0.05, 0) is 18.4 Å². The van der Waals surface area contributed by atoms with Gasteiger partial charge in [0, 0.05) is 24.9 Å². The quantitative estimate of drug-likeness (QED) is 0.647. The Morgan fingerprint density at radius 2 is 1.87 bits per heavy atom. The molecular weight excluding hydrogens is 290 g/mol. The first kappa shape index (κ1) is 16.2. The fourth-order valence-corrected chi connectivity index (χ4v) is 3.64. The molecule has 1 aliphatic heterocycles. The largest absolute Gasteiger partial charge is 0.465 e. The number of ether oxygens (including phenoxy) is 1. The Bertz CT molecular complexity index is 537. The summed E-state index contributed by atoms with van der Waals surface area (Å²) in [5, 5.41) is 3.67. The predicted octanol–water partition coefficient (Wildman–Crippen LogP) is 3.17. The molecule has 1 N–H and O–H groups in total. The molecule has 0 amide bonds. The molecule has 3 rings (SSSR count). The van der Waals surface area contributed by atoms with Gasteiger partial charge in [0.15, 0.2) is 0 Å². The van der Waals surface area contributed by atoms with Crippen LogP contribution in [-0.4, -0.2) is 24.4 Å². The Labute approximate surface area is 137 Å². The van der Waals surface area contributed by atoms with E-state index >= 15 is 0 Å². The zero-order valence-corrected chi connectivity index (χ0v) is 13.5. The first-order chi connectivity index (χ1) is 11.2. The second kappa shape index (κ2) is 7.73. The van der Waals surface area contributed by atoms with Gasteiger partial charge >= 0.3 is 5.97 Å². The number of hydrogen-bond acceptors (Lipinski definition) is 4. The molecule has 2 aliphatic rings. The zero-order chi connectivity index (χ0) is 16.1. The van der Waals surface area contributed by atoms with Gasteiger partial charge in [0.25, 0.3) is 0 Å². The third kappa shape index (κ3) is 4.20. The molecule has 0 spiro atoms. The normalized spacial score (nSPS) is 23.5. The maximum Gasteiger partial charge on any atom is 0.316 e. The number of esters is 1. The number of carbonyl (C=O) groups excluding carboxylic acids is 2. The summed E-state index contributed by atoms with van der Waals surface area (Å²) in [6.07, 6.45) is 7.04. The molecule has 2 atom stereocenters. The van der Waals surface area contributed by atoms with Crippen LogP contribution in [0.3, 0.4) is 0 Å². The highest BCUT2D eigenvalue weighted by atomic mass is 16.5. The molecule has 1 saturated heterocycles. The summed E-state index contributed by atoms with van der Waals surface area (Å²) in [6.45, 7) is 0.376. The third-order valence-corrected chi connectivity index (χ3v) is 4.97. The van der Waals surface area contributed by atoms with E-state index in [0.717, 1.165) is 5.56 Å². The number of Topliss-reactive ketones (excluding diaryl/α,β-unsaturated/α-hetero) is 1. The number of rotatable bonds is 6. The summed E-state index contributed by atoms with van der Waals surface area (Å²) in [5.41, 5.74) is 1.12. The van der Waals surface area contributed by atoms with Crippen molar-refractivity contribution in [2.24, 2.45) is 5.92 Å². The maximum absolute atomic E-state index is 12.5. The highest BCUT2D eigenvalue weighted by Gasteiger charge is 2.34. The van der Waals surface area contributed by atoms with Crippen molar-refractivity contribution in [3.63, 3.8) is 0 Å². The fourth-order valence-electron chi connectivity index (χ4n) is 3.64. The SMILES string of the molecule is O=C(CC(NC1CCCCC1)c1ccccc1)C1CCOC1=O. The van der Waals surface area contributed by atoms with Crippen LogP contribution < -0.4 is 5.32 Å². The summed E-state index contributed by atoms with van der Waals surface area (Å²) in [7, 11) is 0. The average Bonchev–Trinajstić information content (AvgIpc) is 3.02. The van der Waals surface area contributed by atoms with Gasteiger partial charge in [0.05, 0.1) is 6.61 Å². The van der Waals surface area contributed by atoms with E-state index in [9.17, 15) is 9.59 Å². The van der Waals surface area contributed by atoms with Crippen LogP contribution in [0.25, 0.3) is 0 Å². The lowest BCUT2D eigenvalue weighted by molar-refractivity contribution is -0.144. The van der Waals surface area contributed by atoms with Gasteiger partial charge in [-0.25, -0.2) is 0 Å². The second-order valence-electron chi connectivity index (χ2n) is 6.64. The molecule has 23 heavy (non-hydrogen) atoms. The highest BCUT2D eigenvalue weighted by Crippen LogP contribution is 2.26. The molecule has 124 valence electrons. The van der Waals surface area contributed by atoms with Gasteiger partial charge in [-0.3, -0.25) is 9.59 Å². The zero-order valence-electron chi connectivity index (χ0n) is 13.5. The third-order valence-electron chi connectivity index (χ3n) is 4.97. The lowest BCUT2D eigenvalue weighted by Crippen LogP contribution is -2.36. The van der Waals surface area contributed by atoms with Crippen LogP contribution in [0.1, 0.15) is 56.6 Å². The van der Waals surface area contributed by atoms with E-state index in [1.165, 1.54) is 32.1 Å². The van der Waals surface area contributed by atoms with Crippen molar-refractivity contribution in [2.45, 2.75) is 57.0 Å². The first-order valence-corrected chi connectivity index (χ1v) is 8.74. The standard InChI is InChI=1S/C19H25NO3/c21-18(16-11-12-23-19(16)22)13-17(14-7-3-1-4-8-14)20-15-9-5-2-6-10-15/h1,3-4,7-8,15-17,20H,2,5-6,9-13H2. The average molecular weight is 315 g/mol. The predicted molar refractivity (Wildman–Crippen MR) is 87.9 cm³/mol. The fraction of sp³-hybridized carbons (Fsp3) is 0.579. The Morgan fingerprint density at radius 1 is 1.13 bits per heavy atom. The van der Waals surface area contributed by atoms with Crippen LogP contribution in [0.2, 0.25) is 0 Å². The summed E-state index contributed by atoms with van der Waals surface area (Å²) in [6, 6.07) is 10.6. The van der Waals surface area contributed by atoms with Crippen LogP contribution >= 0.6 is 0 Å². The number of cyclic esters (lactones) is 1. The van der Waals surface area contributed by atoms with Crippen molar-refractivity contribution in [1.82, 2.24) is 5.32 Å². The summed E-state index contributed by atoms with van der Waals surface area (Å²) in [4.78, 5) is 24.2. The van der Waals surface area contributed by atoms with Crippen molar-refractivity contribution in [1.29, 1.82) is 0 Å². The van der Waals surface area contributed by atoms with Gasteiger partial charge < -0.3 is 10.1 Å². The summed E-state index contributed by atoms with van der Waals surface area (Å²) >= 11 is 0. The number of hydrogen-bond donors (Lipinski definition) is 1. The van der Waals surface area contributed by atoms with Gasteiger partial charge in [-0.1, -0.05) is 49.6 Å². The molecule has 1 aromatic carbocycles. The number of carbonyl (C=O) groups is 2. The molecule has 1 heterocycles. The van der Waals surface area contributed by atoms with E-state index in [1.54, 1.807) is 0 Å². The molecule has 2 fully saturated rings. The minimum atomic E-state index is -0.561. The van der Waals surface area contributed by atoms with Crippen LogP contribution in [-0.2, 0) is 14.3 Å².